The number of hydrogen-bond acceptors (Lipinski definition) is 3. The van der Waals surface area contributed by atoms with Gasteiger partial charge in [0.05, 0.1) is 6.61 Å². The number of fused-ring (bicyclic) bond motifs is 1. The molecule has 1 aromatic carbocycles. The summed E-state index contributed by atoms with van der Waals surface area (Å²) in [6.45, 7) is 1.47. The molecule has 3 heteroatoms. The predicted octanol–water partition coefficient (Wildman–Crippen LogP) is 3.20. The Balaban J connectivity index is 1.97. The third-order valence-electron chi connectivity index (χ3n) is 3.10. The fourth-order valence-corrected chi connectivity index (χ4v) is 2.95. The van der Waals surface area contributed by atoms with Crippen LogP contribution in [0.1, 0.15) is 16.9 Å². The van der Waals surface area contributed by atoms with Gasteiger partial charge >= 0.3 is 0 Å². The quantitative estimate of drug-likeness (QED) is 0.881. The van der Waals surface area contributed by atoms with E-state index in [0.29, 0.717) is 6.54 Å². The lowest BCUT2D eigenvalue weighted by atomic mass is 10.0. The third kappa shape index (κ3) is 2.08. The van der Waals surface area contributed by atoms with E-state index >= 15 is 0 Å². The first-order valence-corrected chi connectivity index (χ1v) is 6.78. The molecule has 0 spiro atoms. The smallest absolute Gasteiger partial charge is 0.122 e. The van der Waals surface area contributed by atoms with Crippen molar-refractivity contribution in [2.75, 3.05) is 6.61 Å². The summed E-state index contributed by atoms with van der Waals surface area (Å²) in [5, 5.41) is 2.17. The van der Waals surface area contributed by atoms with Gasteiger partial charge in [0.25, 0.3) is 0 Å². The molecule has 0 atom stereocenters. The summed E-state index contributed by atoms with van der Waals surface area (Å²) >= 11 is 1.73. The van der Waals surface area contributed by atoms with E-state index in [1.807, 2.05) is 0 Å². The zero-order valence-corrected chi connectivity index (χ0v) is 10.4. The molecule has 0 fully saturated rings. The van der Waals surface area contributed by atoms with Gasteiger partial charge in [-0.1, -0.05) is 6.07 Å². The molecule has 0 amide bonds. The average Bonchev–Trinajstić information content (AvgIpc) is 2.87. The normalized spacial score (nSPS) is 14.2. The molecule has 2 nitrogen and oxygen atoms in total. The number of thiophene rings is 1. The highest BCUT2D eigenvalue weighted by Gasteiger charge is 2.11. The Morgan fingerprint density at radius 3 is 3.00 bits per heavy atom. The topological polar surface area (TPSA) is 35.2 Å². The number of benzene rings is 1. The van der Waals surface area contributed by atoms with Crippen molar-refractivity contribution in [2.45, 2.75) is 19.4 Å². The van der Waals surface area contributed by atoms with Crippen molar-refractivity contribution in [1.29, 1.82) is 0 Å². The maximum Gasteiger partial charge on any atom is 0.122 e. The highest BCUT2D eigenvalue weighted by atomic mass is 32.1. The van der Waals surface area contributed by atoms with E-state index in [0.717, 1.165) is 25.2 Å². The molecular formula is C14H15NOS. The Labute approximate surface area is 105 Å². The molecule has 2 aromatic rings. The van der Waals surface area contributed by atoms with Gasteiger partial charge < -0.3 is 10.5 Å². The molecule has 1 aliphatic rings. The highest BCUT2D eigenvalue weighted by molar-refractivity contribution is 7.10. The minimum atomic E-state index is 0.624. The first kappa shape index (κ1) is 10.8. The van der Waals surface area contributed by atoms with E-state index in [1.165, 1.54) is 21.6 Å². The van der Waals surface area contributed by atoms with Gasteiger partial charge in [0.1, 0.15) is 5.75 Å². The standard InChI is InChI=1S/C14H15NOS/c15-8-13-7-12(9-17-13)10-3-4-14-11(6-10)2-1-5-16-14/h3-4,6-7,9H,1-2,5,8,15H2. The maximum absolute atomic E-state index is 5.64. The van der Waals surface area contributed by atoms with Crippen LogP contribution in [0.4, 0.5) is 0 Å². The number of rotatable bonds is 2. The Morgan fingerprint density at radius 2 is 2.18 bits per heavy atom. The Morgan fingerprint density at radius 1 is 1.24 bits per heavy atom. The van der Waals surface area contributed by atoms with Crippen molar-refractivity contribution in [3.8, 4) is 16.9 Å². The second-order valence-corrected chi connectivity index (χ2v) is 5.28. The van der Waals surface area contributed by atoms with E-state index < -0.39 is 0 Å². The fraction of sp³-hybridized carbons (Fsp3) is 0.286. The number of aryl methyl sites for hydroxylation is 1. The van der Waals surface area contributed by atoms with Crippen LogP contribution >= 0.6 is 11.3 Å². The summed E-state index contributed by atoms with van der Waals surface area (Å²) in [5.74, 6) is 1.05. The van der Waals surface area contributed by atoms with Gasteiger partial charge in [-0.25, -0.2) is 0 Å². The van der Waals surface area contributed by atoms with E-state index in [2.05, 4.69) is 29.6 Å². The maximum atomic E-state index is 5.64. The molecule has 0 bridgehead atoms. The molecule has 0 radical (unpaired) electrons. The van der Waals surface area contributed by atoms with Crippen molar-refractivity contribution in [3.05, 3.63) is 40.1 Å². The molecule has 17 heavy (non-hydrogen) atoms. The average molecular weight is 245 g/mol. The molecule has 2 N–H and O–H groups in total. The van der Waals surface area contributed by atoms with Crippen LogP contribution in [0.2, 0.25) is 0 Å². The molecular weight excluding hydrogens is 230 g/mol. The van der Waals surface area contributed by atoms with Crippen molar-refractivity contribution >= 4 is 11.3 Å². The summed E-state index contributed by atoms with van der Waals surface area (Å²) in [7, 11) is 0. The van der Waals surface area contributed by atoms with Gasteiger partial charge in [0.2, 0.25) is 0 Å². The Bertz CT molecular complexity index is 533. The zero-order chi connectivity index (χ0) is 11.7. The minimum Gasteiger partial charge on any atom is -0.493 e. The first-order chi connectivity index (χ1) is 8.36. The SMILES string of the molecule is NCc1cc(-c2ccc3c(c2)CCCO3)cs1. The Kier molecular flexibility index (Phi) is 2.87. The van der Waals surface area contributed by atoms with E-state index in [9.17, 15) is 0 Å². The molecule has 1 aromatic heterocycles. The monoisotopic (exact) mass is 245 g/mol. The van der Waals surface area contributed by atoms with Gasteiger partial charge in [0.15, 0.2) is 0 Å². The van der Waals surface area contributed by atoms with Crippen molar-refractivity contribution < 1.29 is 4.74 Å². The van der Waals surface area contributed by atoms with Gasteiger partial charge in [-0.05, 0) is 53.1 Å². The van der Waals surface area contributed by atoms with E-state index in [-0.39, 0.29) is 0 Å². The van der Waals surface area contributed by atoms with Crippen LogP contribution in [0.25, 0.3) is 11.1 Å². The van der Waals surface area contributed by atoms with Crippen LogP contribution in [0.3, 0.4) is 0 Å². The fourth-order valence-electron chi connectivity index (χ4n) is 2.18. The molecule has 0 aliphatic carbocycles. The lowest BCUT2D eigenvalue weighted by Gasteiger charge is -2.17. The number of hydrogen-bond donors (Lipinski definition) is 1. The summed E-state index contributed by atoms with van der Waals surface area (Å²) in [4.78, 5) is 1.23. The van der Waals surface area contributed by atoms with Crippen LogP contribution in [0.15, 0.2) is 29.6 Å². The molecule has 2 heterocycles. The second kappa shape index (κ2) is 4.51. The van der Waals surface area contributed by atoms with E-state index in [1.54, 1.807) is 11.3 Å². The Hall–Kier alpha value is -1.32. The van der Waals surface area contributed by atoms with Crippen LogP contribution in [0, 0.1) is 0 Å². The summed E-state index contributed by atoms with van der Waals surface area (Å²) in [5.41, 5.74) is 9.51. The molecule has 0 saturated heterocycles. The molecule has 0 unspecified atom stereocenters. The van der Waals surface area contributed by atoms with Crippen molar-refractivity contribution in [1.82, 2.24) is 0 Å². The van der Waals surface area contributed by atoms with Gasteiger partial charge in [0, 0.05) is 11.4 Å². The first-order valence-electron chi connectivity index (χ1n) is 5.90. The van der Waals surface area contributed by atoms with Crippen LogP contribution in [0.5, 0.6) is 5.75 Å². The summed E-state index contributed by atoms with van der Waals surface area (Å²) < 4.78 is 5.62. The predicted molar refractivity (Wildman–Crippen MR) is 71.5 cm³/mol. The molecule has 1 aliphatic heterocycles. The molecule has 88 valence electrons. The van der Waals surface area contributed by atoms with Gasteiger partial charge in [-0.3, -0.25) is 0 Å². The number of ether oxygens (including phenoxy) is 1. The summed E-state index contributed by atoms with van der Waals surface area (Å²) in [6, 6.07) is 8.64. The zero-order valence-electron chi connectivity index (χ0n) is 9.61. The van der Waals surface area contributed by atoms with Gasteiger partial charge in [-0.15, -0.1) is 11.3 Å². The molecule has 3 rings (SSSR count). The van der Waals surface area contributed by atoms with Crippen molar-refractivity contribution in [2.24, 2.45) is 5.73 Å². The van der Waals surface area contributed by atoms with Gasteiger partial charge in [-0.2, -0.15) is 0 Å². The van der Waals surface area contributed by atoms with Crippen LogP contribution in [-0.4, -0.2) is 6.61 Å². The lowest BCUT2D eigenvalue weighted by molar-refractivity contribution is 0.288. The van der Waals surface area contributed by atoms with Crippen molar-refractivity contribution in [3.63, 3.8) is 0 Å². The van der Waals surface area contributed by atoms with E-state index in [4.69, 9.17) is 10.5 Å². The summed E-state index contributed by atoms with van der Waals surface area (Å²) in [6.07, 6.45) is 2.24. The number of nitrogens with two attached hydrogens (primary N) is 1. The van der Waals surface area contributed by atoms with Crippen LogP contribution < -0.4 is 10.5 Å². The van der Waals surface area contributed by atoms with Crippen LogP contribution in [-0.2, 0) is 13.0 Å². The molecule has 0 saturated carbocycles. The third-order valence-corrected chi connectivity index (χ3v) is 4.06. The highest BCUT2D eigenvalue weighted by Crippen LogP contribution is 2.32. The second-order valence-electron chi connectivity index (χ2n) is 4.28. The lowest BCUT2D eigenvalue weighted by Crippen LogP contribution is -2.07. The minimum absolute atomic E-state index is 0.624. The largest absolute Gasteiger partial charge is 0.493 e.